The molecule has 0 bridgehead atoms. The summed E-state index contributed by atoms with van der Waals surface area (Å²) in [4.78, 5) is 2.69. The first-order valence-electron chi connectivity index (χ1n) is 5.17. The highest BCUT2D eigenvalue weighted by molar-refractivity contribution is 4.77. The van der Waals surface area contributed by atoms with Crippen LogP contribution >= 0.6 is 0 Å². The van der Waals surface area contributed by atoms with Crippen molar-refractivity contribution in [3.63, 3.8) is 0 Å². The van der Waals surface area contributed by atoms with Crippen LogP contribution in [0.25, 0.3) is 0 Å². The summed E-state index contributed by atoms with van der Waals surface area (Å²) in [6.45, 7) is 4.19. The highest BCUT2D eigenvalue weighted by Gasteiger charge is 2.24. The number of nitrogens with zero attached hydrogens (tertiary/aromatic N) is 1. The molecular formula is C10H19N. The minimum atomic E-state index is 1.09. The predicted molar refractivity (Wildman–Crippen MR) is 47.6 cm³/mol. The molecule has 1 saturated carbocycles. The second kappa shape index (κ2) is 3.57. The van der Waals surface area contributed by atoms with Gasteiger partial charge in [0.05, 0.1) is 0 Å². The normalized spacial score (nSPS) is 28.4. The van der Waals surface area contributed by atoms with Crippen molar-refractivity contribution in [2.24, 2.45) is 5.92 Å². The third-order valence-corrected chi connectivity index (χ3v) is 2.91. The van der Waals surface area contributed by atoms with E-state index in [1.165, 1.54) is 58.2 Å². The Balaban J connectivity index is 1.71. The van der Waals surface area contributed by atoms with Crippen LogP contribution in [-0.4, -0.2) is 24.5 Å². The van der Waals surface area contributed by atoms with Crippen LogP contribution < -0.4 is 0 Å². The number of rotatable bonds is 2. The van der Waals surface area contributed by atoms with E-state index in [1.54, 1.807) is 0 Å². The number of hydrogen-bond acceptors (Lipinski definition) is 1. The van der Waals surface area contributed by atoms with Crippen LogP contribution in [0.4, 0.5) is 0 Å². The van der Waals surface area contributed by atoms with Crippen molar-refractivity contribution in [2.45, 2.75) is 38.5 Å². The van der Waals surface area contributed by atoms with E-state index < -0.39 is 0 Å². The fourth-order valence-corrected chi connectivity index (χ4v) is 1.98. The Kier molecular flexibility index (Phi) is 2.47. The predicted octanol–water partition coefficient (Wildman–Crippen LogP) is 2.27. The largest absolute Gasteiger partial charge is 0.303 e. The molecule has 64 valence electrons. The van der Waals surface area contributed by atoms with Crippen LogP contribution in [0.1, 0.15) is 38.5 Å². The van der Waals surface area contributed by atoms with Gasteiger partial charge in [-0.1, -0.05) is 12.8 Å². The average Bonchev–Trinajstić information content (AvgIpc) is 2.77. The lowest BCUT2D eigenvalue weighted by Crippen LogP contribution is -2.26. The van der Waals surface area contributed by atoms with E-state index in [-0.39, 0.29) is 0 Å². The van der Waals surface area contributed by atoms with Crippen molar-refractivity contribution in [2.75, 3.05) is 19.6 Å². The molecule has 0 aromatic heterocycles. The first-order chi connectivity index (χ1) is 5.45. The summed E-state index contributed by atoms with van der Waals surface area (Å²) in [6, 6.07) is 0. The van der Waals surface area contributed by atoms with E-state index >= 15 is 0 Å². The Morgan fingerprint density at radius 1 is 0.909 bits per heavy atom. The molecular weight excluding hydrogens is 134 g/mol. The molecule has 1 aliphatic carbocycles. The molecule has 0 N–H and O–H groups in total. The summed E-state index contributed by atoms with van der Waals surface area (Å²) < 4.78 is 0. The Labute approximate surface area is 69.8 Å². The maximum Gasteiger partial charge on any atom is 0.000966 e. The molecule has 1 heteroatoms. The number of hydrogen-bond donors (Lipinski definition) is 0. The van der Waals surface area contributed by atoms with Crippen molar-refractivity contribution < 1.29 is 0 Å². The van der Waals surface area contributed by atoms with Gasteiger partial charge in [0.1, 0.15) is 0 Å². The maximum atomic E-state index is 2.69. The smallest absolute Gasteiger partial charge is 0.000966 e. The zero-order valence-electron chi connectivity index (χ0n) is 7.39. The zero-order valence-corrected chi connectivity index (χ0v) is 7.39. The van der Waals surface area contributed by atoms with E-state index in [0.717, 1.165) is 5.92 Å². The van der Waals surface area contributed by atoms with Gasteiger partial charge in [-0.25, -0.2) is 0 Å². The van der Waals surface area contributed by atoms with Gasteiger partial charge in [0.25, 0.3) is 0 Å². The van der Waals surface area contributed by atoms with Gasteiger partial charge in [0, 0.05) is 6.54 Å². The molecule has 0 aromatic carbocycles. The molecule has 0 aromatic rings. The molecule has 0 spiro atoms. The molecule has 0 atom stereocenters. The topological polar surface area (TPSA) is 3.24 Å². The third kappa shape index (κ3) is 2.48. The quantitative estimate of drug-likeness (QED) is 0.588. The minimum Gasteiger partial charge on any atom is -0.303 e. The van der Waals surface area contributed by atoms with Crippen molar-refractivity contribution in [3.8, 4) is 0 Å². The Bertz CT molecular complexity index is 110. The highest BCUT2D eigenvalue weighted by atomic mass is 15.1. The fourth-order valence-electron chi connectivity index (χ4n) is 1.98. The summed E-state index contributed by atoms with van der Waals surface area (Å²) in [6.07, 6.45) is 8.87. The van der Waals surface area contributed by atoms with Gasteiger partial charge in [-0.05, 0) is 44.7 Å². The molecule has 2 aliphatic rings. The van der Waals surface area contributed by atoms with Gasteiger partial charge in [-0.15, -0.1) is 0 Å². The molecule has 1 saturated heterocycles. The van der Waals surface area contributed by atoms with Gasteiger partial charge in [0.15, 0.2) is 0 Å². The maximum absolute atomic E-state index is 2.69. The van der Waals surface area contributed by atoms with Gasteiger partial charge in [0.2, 0.25) is 0 Å². The lowest BCUT2D eigenvalue weighted by Gasteiger charge is -2.18. The highest BCUT2D eigenvalue weighted by Crippen LogP contribution is 2.30. The van der Waals surface area contributed by atoms with Crippen LogP contribution in [0.3, 0.4) is 0 Å². The van der Waals surface area contributed by atoms with Crippen molar-refractivity contribution in [1.82, 2.24) is 4.90 Å². The summed E-state index contributed by atoms with van der Waals surface area (Å²) >= 11 is 0. The fraction of sp³-hybridized carbons (Fsp3) is 1.00. The van der Waals surface area contributed by atoms with E-state index in [1.807, 2.05) is 0 Å². The van der Waals surface area contributed by atoms with E-state index in [2.05, 4.69) is 4.90 Å². The van der Waals surface area contributed by atoms with Gasteiger partial charge >= 0.3 is 0 Å². The molecule has 0 unspecified atom stereocenters. The molecule has 0 radical (unpaired) electrons. The van der Waals surface area contributed by atoms with Crippen LogP contribution in [0, 0.1) is 5.92 Å². The van der Waals surface area contributed by atoms with E-state index in [9.17, 15) is 0 Å². The summed E-state index contributed by atoms with van der Waals surface area (Å²) in [5.74, 6) is 1.09. The molecule has 11 heavy (non-hydrogen) atoms. The van der Waals surface area contributed by atoms with Gasteiger partial charge in [-0.2, -0.15) is 0 Å². The Morgan fingerprint density at radius 3 is 2.09 bits per heavy atom. The van der Waals surface area contributed by atoms with Crippen LogP contribution in [0.5, 0.6) is 0 Å². The molecule has 1 nitrogen and oxygen atoms in total. The molecule has 2 rings (SSSR count). The Morgan fingerprint density at radius 2 is 1.55 bits per heavy atom. The van der Waals surface area contributed by atoms with Crippen LogP contribution in [0.15, 0.2) is 0 Å². The number of likely N-dealkylation sites (tertiary alicyclic amines) is 1. The van der Waals surface area contributed by atoms with Crippen molar-refractivity contribution in [1.29, 1.82) is 0 Å². The minimum absolute atomic E-state index is 1.09. The summed E-state index contributed by atoms with van der Waals surface area (Å²) in [5, 5.41) is 0. The second-order valence-electron chi connectivity index (χ2n) is 4.16. The third-order valence-electron chi connectivity index (χ3n) is 2.91. The molecule has 2 fully saturated rings. The summed E-state index contributed by atoms with van der Waals surface area (Å²) in [7, 11) is 0. The van der Waals surface area contributed by atoms with E-state index in [0.29, 0.717) is 0 Å². The van der Waals surface area contributed by atoms with Crippen LogP contribution in [-0.2, 0) is 0 Å². The first-order valence-corrected chi connectivity index (χ1v) is 5.17. The Hall–Kier alpha value is -0.0400. The first kappa shape index (κ1) is 7.60. The average molecular weight is 153 g/mol. The van der Waals surface area contributed by atoms with Crippen LogP contribution in [0.2, 0.25) is 0 Å². The molecule has 0 amide bonds. The molecule has 1 heterocycles. The van der Waals surface area contributed by atoms with Gasteiger partial charge in [-0.3, -0.25) is 0 Å². The van der Waals surface area contributed by atoms with Crippen molar-refractivity contribution in [3.05, 3.63) is 0 Å². The summed E-state index contributed by atoms with van der Waals surface area (Å²) in [5.41, 5.74) is 0. The lowest BCUT2D eigenvalue weighted by molar-refractivity contribution is 0.274. The zero-order chi connectivity index (χ0) is 7.52. The SMILES string of the molecule is C1CCCN(CC2CC2)CC1. The molecule has 1 aliphatic heterocycles. The van der Waals surface area contributed by atoms with Gasteiger partial charge < -0.3 is 4.90 Å². The monoisotopic (exact) mass is 153 g/mol. The van der Waals surface area contributed by atoms with E-state index in [4.69, 9.17) is 0 Å². The second-order valence-corrected chi connectivity index (χ2v) is 4.16. The standard InChI is InChI=1S/C10H19N/c1-2-4-8-11(7-3-1)9-10-5-6-10/h10H,1-9H2. The lowest BCUT2D eigenvalue weighted by atomic mass is 10.2. The van der Waals surface area contributed by atoms with Crippen molar-refractivity contribution >= 4 is 0 Å².